The number of carboxylic acids is 1. The minimum atomic E-state index is -1.15. The Bertz CT molecular complexity index is 917. The predicted octanol–water partition coefficient (Wildman–Crippen LogP) is 3.87. The minimum Gasteiger partial charge on any atom is -0.478 e. The van der Waals surface area contributed by atoms with Gasteiger partial charge in [0.05, 0.1) is 11.3 Å². The molecule has 0 saturated heterocycles. The van der Waals surface area contributed by atoms with E-state index in [4.69, 9.17) is 5.73 Å². The lowest BCUT2D eigenvalue weighted by molar-refractivity contribution is 0.0698. The molecule has 0 aromatic heterocycles. The first-order valence-electron chi connectivity index (χ1n) is 7.40. The van der Waals surface area contributed by atoms with Gasteiger partial charge in [-0.05, 0) is 23.3 Å². The summed E-state index contributed by atoms with van der Waals surface area (Å²) < 4.78 is 0. The summed E-state index contributed by atoms with van der Waals surface area (Å²) in [5.74, 6) is -1.45. The summed E-state index contributed by atoms with van der Waals surface area (Å²) in [4.78, 5) is 24.2. The van der Waals surface area contributed by atoms with Crippen LogP contribution < -0.4 is 5.73 Å². The van der Waals surface area contributed by atoms with Gasteiger partial charge in [-0.3, -0.25) is 4.79 Å². The van der Waals surface area contributed by atoms with E-state index < -0.39 is 5.97 Å². The number of anilines is 1. The van der Waals surface area contributed by atoms with Crippen LogP contribution in [0.3, 0.4) is 0 Å². The van der Waals surface area contributed by atoms with Gasteiger partial charge in [0.1, 0.15) is 0 Å². The maximum absolute atomic E-state index is 13.0. The van der Waals surface area contributed by atoms with Crippen LogP contribution in [0.4, 0.5) is 5.69 Å². The first-order valence-corrected chi connectivity index (χ1v) is 7.40. The van der Waals surface area contributed by atoms with E-state index in [9.17, 15) is 14.7 Å². The zero-order valence-corrected chi connectivity index (χ0v) is 12.8. The molecule has 0 heterocycles. The fourth-order valence-corrected chi connectivity index (χ4v) is 2.65. The Morgan fingerprint density at radius 1 is 0.708 bits per heavy atom. The molecule has 24 heavy (non-hydrogen) atoms. The highest BCUT2D eigenvalue weighted by atomic mass is 16.4. The molecule has 0 aliphatic heterocycles. The number of rotatable bonds is 4. The Hall–Kier alpha value is -3.40. The topological polar surface area (TPSA) is 80.4 Å². The third-order valence-corrected chi connectivity index (χ3v) is 3.84. The average Bonchev–Trinajstić information content (AvgIpc) is 2.62. The SMILES string of the molecule is Nc1c(C(=O)O)cccc1C(=O)c1ccccc1-c1ccccc1. The van der Waals surface area contributed by atoms with Crippen LogP contribution in [0.25, 0.3) is 11.1 Å². The fraction of sp³-hybridized carbons (Fsp3) is 0. The first-order chi connectivity index (χ1) is 11.6. The van der Waals surface area contributed by atoms with Gasteiger partial charge in [-0.15, -0.1) is 0 Å². The number of benzene rings is 3. The lowest BCUT2D eigenvalue weighted by Crippen LogP contribution is -2.11. The van der Waals surface area contributed by atoms with Crippen molar-refractivity contribution in [2.24, 2.45) is 0 Å². The molecule has 0 saturated carbocycles. The van der Waals surface area contributed by atoms with Crippen molar-refractivity contribution in [3.8, 4) is 11.1 Å². The van der Waals surface area contributed by atoms with Crippen LogP contribution in [0.1, 0.15) is 26.3 Å². The van der Waals surface area contributed by atoms with Gasteiger partial charge in [0.2, 0.25) is 0 Å². The van der Waals surface area contributed by atoms with E-state index in [0.29, 0.717) is 5.56 Å². The summed E-state index contributed by atoms with van der Waals surface area (Å²) >= 11 is 0. The largest absolute Gasteiger partial charge is 0.478 e. The Labute approximate surface area is 139 Å². The second-order valence-corrected chi connectivity index (χ2v) is 5.31. The number of ketones is 1. The number of carbonyl (C=O) groups is 2. The third kappa shape index (κ3) is 2.77. The second kappa shape index (κ2) is 6.38. The molecule has 0 radical (unpaired) electrons. The van der Waals surface area contributed by atoms with Crippen LogP contribution in [0.15, 0.2) is 72.8 Å². The van der Waals surface area contributed by atoms with Crippen molar-refractivity contribution in [3.05, 3.63) is 89.5 Å². The molecule has 0 atom stereocenters. The zero-order chi connectivity index (χ0) is 17.1. The number of hydrogen-bond donors (Lipinski definition) is 2. The van der Waals surface area contributed by atoms with E-state index in [1.54, 1.807) is 18.2 Å². The smallest absolute Gasteiger partial charge is 0.337 e. The summed E-state index contributed by atoms with van der Waals surface area (Å²) in [5.41, 5.74) is 8.19. The third-order valence-electron chi connectivity index (χ3n) is 3.84. The van der Waals surface area contributed by atoms with Crippen LogP contribution in [-0.4, -0.2) is 16.9 Å². The van der Waals surface area contributed by atoms with Gasteiger partial charge in [-0.25, -0.2) is 4.79 Å². The molecule has 3 rings (SSSR count). The van der Waals surface area contributed by atoms with E-state index >= 15 is 0 Å². The molecule has 0 spiro atoms. The summed E-state index contributed by atoms with van der Waals surface area (Å²) in [6.45, 7) is 0. The van der Waals surface area contributed by atoms with E-state index in [-0.39, 0.29) is 22.6 Å². The lowest BCUT2D eigenvalue weighted by Gasteiger charge is -2.11. The standard InChI is InChI=1S/C20H15NO3/c21-18-16(11-6-12-17(18)20(23)24)19(22)15-10-5-4-9-14(15)13-7-2-1-3-8-13/h1-12H,21H2,(H,23,24). The Morgan fingerprint density at radius 2 is 1.29 bits per heavy atom. The van der Waals surface area contributed by atoms with Crippen LogP contribution in [0.5, 0.6) is 0 Å². The Balaban J connectivity index is 2.13. The molecule has 118 valence electrons. The molecule has 0 unspecified atom stereocenters. The van der Waals surface area contributed by atoms with Crippen LogP contribution >= 0.6 is 0 Å². The molecule has 3 N–H and O–H groups in total. The van der Waals surface area contributed by atoms with Crippen LogP contribution in [0.2, 0.25) is 0 Å². The van der Waals surface area contributed by atoms with Crippen LogP contribution in [-0.2, 0) is 0 Å². The van der Waals surface area contributed by atoms with Gasteiger partial charge in [-0.1, -0.05) is 60.7 Å². The van der Waals surface area contributed by atoms with Gasteiger partial charge in [-0.2, -0.15) is 0 Å². The van der Waals surface area contributed by atoms with E-state index in [2.05, 4.69) is 0 Å². The van der Waals surface area contributed by atoms with Crippen molar-refractivity contribution in [2.75, 3.05) is 5.73 Å². The molecule has 0 fully saturated rings. The van der Waals surface area contributed by atoms with E-state index in [1.807, 2.05) is 42.5 Å². The van der Waals surface area contributed by atoms with Crippen LogP contribution in [0, 0.1) is 0 Å². The van der Waals surface area contributed by atoms with Crippen molar-refractivity contribution in [2.45, 2.75) is 0 Å². The Kier molecular flexibility index (Phi) is 4.12. The predicted molar refractivity (Wildman–Crippen MR) is 93.1 cm³/mol. The van der Waals surface area contributed by atoms with E-state index in [0.717, 1.165) is 11.1 Å². The molecular weight excluding hydrogens is 302 g/mol. The maximum atomic E-state index is 13.0. The van der Waals surface area contributed by atoms with Crippen molar-refractivity contribution in [1.82, 2.24) is 0 Å². The van der Waals surface area contributed by atoms with Crippen molar-refractivity contribution < 1.29 is 14.7 Å². The van der Waals surface area contributed by atoms with Crippen molar-refractivity contribution in [3.63, 3.8) is 0 Å². The van der Waals surface area contributed by atoms with Gasteiger partial charge < -0.3 is 10.8 Å². The molecule has 0 bridgehead atoms. The number of nitrogens with two attached hydrogens (primary N) is 1. The first kappa shape index (κ1) is 15.5. The minimum absolute atomic E-state index is 0.0159. The normalized spacial score (nSPS) is 10.3. The molecular formula is C20H15NO3. The number of carboxylic acid groups (broad SMARTS) is 1. The fourth-order valence-electron chi connectivity index (χ4n) is 2.65. The summed E-state index contributed by atoms with van der Waals surface area (Å²) in [6, 6.07) is 21.2. The van der Waals surface area contributed by atoms with Gasteiger partial charge in [0.25, 0.3) is 0 Å². The quantitative estimate of drug-likeness (QED) is 0.565. The lowest BCUT2D eigenvalue weighted by atomic mass is 9.92. The molecule has 0 aliphatic carbocycles. The zero-order valence-electron chi connectivity index (χ0n) is 12.8. The molecule has 3 aromatic carbocycles. The number of hydrogen-bond acceptors (Lipinski definition) is 3. The molecule has 3 aromatic rings. The highest BCUT2D eigenvalue weighted by molar-refractivity contribution is 6.17. The summed E-state index contributed by atoms with van der Waals surface area (Å²) in [6.07, 6.45) is 0. The number of carbonyl (C=O) groups excluding carboxylic acids is 1. The number of aromatic carboxylic acids is 1. The highest BCUT2D eigenvalue weighted by Gasteiger charge is 2.20. The second-order valence-electron chi connectivity index (χ2n) is 5.31. The van der Waals surface area contributed by atoms with Crippen molar-refractivity contribution >= 4 is 17.4 Å². The monoisotopic (exact) mass is 317 g/mol. The number of nitrogen functional groups attached to an aromatic ring is 1. The van der Waals surface area contributed by atoms with Gasteiger partial charge in [0.15, 0.2) is 5.78 Å². The summed E-state index contributed by atoms with van der Waals surface area (Å²) in [5, 5.41) is 9.18. The van der Waals surface area contributed by atoms with Gasteiger partial charge >= 0.3 is 5.97 Å². The highest BCUT2D eigenvalue weighted by Crippen LogP contribution is 2.28. The molecule has 4 nitrogen and oxygen atoms in total. The molecule has 0 amide bonds. The maximum Gasteiger partial charge on any atom is 0.337 e. The molecule has 4 heteroatoms. The molecule has 0 aliphatic rings. The Morgan fingerprint density at radius 3 is 2.00 bits per heavy atom. The van der Waals surface area contributed by atoms with E-state index in [1.165, 1.54) is 12.1 Å². The summed E-state index contributed by atoms with van der Waals surface area (Å²) in [7, 11) is 0. The number of para-hydroxylation sites is 1. The van der Waals surface area contributed by atoms with Crippen molar-refractivity contribution in [1.29, 1.82) is 0 Å². The average molecular weight is 317 g/mol. The van der Waals surface area contributed by atoms with Gasteiger partial charge in [0, 0.05) is 11.1 Å².